The smallest absolute Gasteiger partial charge is 0.117 e. The number of benzene rings is 1. The number of pyridine rings is 1. The Hall–Kier alpha value is -1.57. The Morgan fingerprint density at radius 1 is 1.17 bits per heavy atom. The molecule has 2 rings (SSSR count). The van der Waals surface area contributed by atoms with E-state index in [1.165, 1.54) is 0 Å². The summed E-state index contributed by atoms with van der Waals surface area (Å²) < 4.78 is 0. The van der Waals surface area contributed by atoms with Crippen LogP contribution >= 0.6 is 0 Å². The van der Waals surface area contributed by atoms with Gasteiger partial charge in [0.05, 0.1) is 5.52 Å². The van der Waals surface area contributed by atoms with Gasteiger partial charge in [-0.15, -0.1) is 0 Å². The molecule has 1 aromatic heterocycles. The molecule has 0 aliphatic rings. The second-order valence-corrected chi connectivity index (χ2v) is 2.68. The molecular weight excluding hydrogens is 150 g/mol. The van der Waals surface area contributed by atoms with Crippen LogP contribution in [0.5, 0.6) is 5.75 Å². The van der Waals surface area contributed by atoms with Crippen molar-refractivity contribution in [3.8, 4) is 5.75 Å². The highest BCUT2D eigenvalue weighted by atomic mass is 16.3. The largest absolute Gasteiger partial charge is 0.508 e. The lowest BCUT2D eigenvalue weighted by Gasteiger charge is -1.98. The molecule has 1 radical (unpaired) electrons. The van der Waals surface area contributed by atoms with Crippen LogP contribution in [0.3, 0.4) is 0 Å². The van der Waals surface area contributed by atoms with Crippen molar-refractivity contribution in [1.82, 2.24) is 4.98 Å². The zero-order valence-corrected chi connectivity index (χ0v) is 6.49. The first-order valence-electron chi connectivity index (χ1n) is 3.67. The summed E-state index contributed by atoms with van der Waals surface area (Å²) in [6.07, 6.45) is 0. The minimum Gasteiger partial charge on any atom is -0.508 e. The van der Waals surface area contributed by atoms with Crippen molar-refractivity contribution >= 4 is 10.9 Å². The molecule has 1 heterocycles. The molecule has 0 fully saturated rings. The summed E-state index contributed by atoms with van der Waals surface area (Å²) in [5, 5.41) is 10.2. The number of hydrogen-bond donors (Lipinski definition) is 1. The highest BCUT2D eigenvalue weighted by molar-refractivity contribution is 5.80. The lowest BCUT2D eigenvalue weighted by molar-refractivity contribution is 0.476. The van der Waals surface area contributed by atoms with Gasteiger partial charge in [-0.2, -0.15) is 0 Å². The molecule has 0 saturated carbocycles. The third-order valence-electron chi connectivity index (χ3n) is 1.73. The van der Waals surface area contributed by atoms with E-state index in [2.05, 4.69) is 11.9 Å². The van der Waals surface area contributed by atoms with Gasteiger partial charge in [0.25, 0.3) is 0 Å². The lowest BCUT2D eigenvalue weighted by Crippen LogP contribution is -1.81. The molecule has 2 aromatic rings. The number of rotatable bonds is 0. The van der Waals surface area contributed by atoms with Gasteiger partial charge in [0.15, 0.2) is 0 Å². The van der Waals surface area contributed by atoms with Crippen molar-refractivity contribution in [3.63, 3.8) is 0 Å². The Bertz CT molecular complexity index is 386. The SMILES string of the molecule is [CH2]c1ccc2ccc(O)cc2n1. The minimum absolute atomic E-state index is 0.237. The second-order valence-electron chi connectivity index (χ2n) is 2.68. The zero-order valence-electron chi connectivity index (χ0n) is 6.49. The maximum absolute atomic E-state index is 9.16. The van der Waals surface area contributed by atoms with E-state index in [-0.39, 0.29) is 5.75 Å². The number of nitrogens with zero attached hydrogens (tertiary/aromatic N) is 1. The standard InChI is InChI=1S/C10H8NO/c1-7-2-3-8-4-5-9(12)6-10(8)11-7/h2-6,12H,1H2. The highest BCUT2D eigenvalue weighted by Crippen LogP contribution is 2.17. The van der Waals surface area contributed by atoms with Crippen molar-refractivity contribution in [2.45, 2.75) is 0 Å². The van der Waals surface area contributed by atoms with E-state index in [9.17, 15) is 0 Å². The Morgan fingerprint density at radius 2 is 1.92 bits per heavy atom. The average molecular weight is 158 g/mol. The molecule has 0 atom stereocenters. The normalized spacial score (nSPS) is 10.4. The summed E-state index contributed by atoms with van der Waals surface area (Å²) in [7, 11) is 0. The maximum Gasteiger partial charge on any atom is 0.117 e. The van der Waals surface area contributed by atoms with Crippen LogP contribution in [0.25, 0.3) is 10.9 Å². The van der Waals surface area contributed by atoms with Crippen LogP contribution in [0, 0.1) is 6.92 Å². The van der Waals surface area contributed by atoms with Crippen molar-refractivity contribution in [1.29, 1.82) is 0 Å². The fourth-order valence-electron chi connectivity index (χ4n) is 1.15. The molecular formula is C10H8NO. The van der Waals surface area contributed by atoms with E-state index in [0.29, 0.717) is 5.69 Å². The summed E-state index contributed by atoms with van der Waals surface area (Å²) in [6.45, 7) is 3.71. The Kier molecular flexibility index (Phi) is 1.47. The van der Waals surface area contributed by atoms with Gasteiger partial charge < -0.3 is 5.11 Å². The van der Waals surface area contributed by atoms with E-state index in [1.54, 1.807) is 12.1 Å². The Morgan fingerprint density at radius 3 is 2.75 bits per heavy atom. The van der Waals surface area contributed by atoms with Gasteiger partial charge in [-0.05, 0) is 25.1 Å². The molecule has 0 aliphatic carbocycles. The molecule has 1 N–H and O–H groups in total. The first-order valence-corrected chi connectivity index (χ1v) is 3.67. The summed E-state index contributed by atoms with van der Waals surface area (Å²) in [5.41, 5.74) is 1.50. The van der Waals surface area contributed by atoms with Crippen LogP contribution in [0.2, 0.25) is 0 Å². The third-order valence-corrected chi connectivity index (χ3v) is 1.73. The Balaban J connectivity index is 2.80. The van der Waals surface area contributed by atoms with Crippen LogP contribution in [0.4, 0.5) is 0 Å². The molecule has 0 aliphatic heterocycles. The van der Waals surface area contributed by atoms with Gasteiger partial charge in [-0.25, -0.2) is 0 Å². The minimum atomic E-state index is 0.237. The van der Waals surface area contributed by atoms with Gasteiger partial charge in [0, 0.05) is 17.1 Å². The number of phenols is 1. The van der Waals surface area contributed by atoms with Crippen LogP contribution in [-0.2, 0) is 0 Å². The molecule has 0 amide bonds. The molecule has 0 spiro atoms. The molecule has 1 aromatic carbocycles. The molecule has 59 valence electrons. The molecule has 2 heteroatoms. The quantitative estimate of drug-likeness (QED) is 0.637. The van der Waals surface area contributed by atoms with Gasteiger partial charge in [-0.1, -0.05) is 6.07 Å². The van der Waals surface area contributed by atoms with Crippen molar-refractivity contribution in [3.05, 3.63) is 42.9 Å². The summed E-state index contributed by atoms with van der Waals surface area (Å²) in [4.78, 5) is 4.17. The number of phenolic OH excluding ortho intramolecular Hbond substituents is 1. The maximum atomic E-state index is 9.16. The predicted octanol–water partition coefficient (Wildman–Crippen LogP) is 2.12. The van der Waals surface area contributed by atoms with Gasteiger partial charge >= 0.3 is 0 Å². The number of aromatic hydroxyl groups is 1. The van der Waals surface area contributed by atoms with Crippen molar-refractivity contribution in [2.75, 3.05) is 0 Å². The van der Waals surface area contributed by atoms with E-state index < -0.39 is 0 Å². The number of hydrogen-bond acceptors (Lipinski definition) is 2. The molecule has 12 heavy (non-hydrogen) atoms. The van der Waals surface area contributed by atoms with Crippen LogP contribution < -0.4 is 0 Å². The number of fused-ring (bicyclic) bond motifs is 1. The fourth-order valence-corrected chi connectivity index (χ4v) is 1.15. The fraction of sp³-hybridized carbons (Fsp3) is 0. The van der Waals surface area contributed by atoms with E-state index in [4.69, 9.17) is 5.11 Å². The van der Waals surface area contributed by atoms with E-state index in [1.807, 2.05) is 18.2 Å². The Labute approximate surface area is 70.5 Å². The van der Waals surface area contributed by atoms with Crippen LogP contribution in [0.1, 0.15) is 5.69 Å². The zero-order chi connectivity index (χ0) is 8.55. The predicted molar refractivity (Wildman–Crippen MR) is 47.9 cm³/mol. The molecule has 0 unspecified atom stereocenters. The summed E-state index contributed by atoms with van der Waals surface area (Å²) in [6, 6.07) is 8.89. The van der Waals surface area contributed by atoms with Gasteiger partial charge in [-0.3, -0.25) is 4.98 Å². The lowest BCUT2D eigenvalue weighted by atomic mass is 10.2. The topological polar surface area (TPSA) is 33.1 Å². The molecule has 0 saturated heterocycles. The van der Waals surface area contributed by atoms with Crippen LogP contribution in [0.15, 0.2) is 30.3 Å². The monoisotopic (exact) mass is 158 g/mol. The van der Waals surface area contributed by atoms with Gasteiger partial charge in [0.2, 0.25) is 0 Å². The third kappa shape index (κ3) is 1.11. The molecule has 2 nitrogen and oxygen atoms in total. The number of aromatic nitrogens is 1. The average Bonchev–Trinajstić information content (AvgIpc) is 2.03. The molecule has 0 bridgehead atoms. The van der Waals surface area contributed by atoms with E-state index >= 15 is 0 Å². The van der Waals surface area contributed by atoms with Crippen molar-refractivity contribution < 1.29 is 5.11 Å². The summed E-state index contributed by atoms with van der Waals surface area (Å²) >= 11 is 0. The summed E-state index contributed by atoms with van der Waals surface area (Å²) in [5.74, 6) is 0.237. The second kappa shape index (κ2) is 2.48. The van der Waals surface area contributed by atoms with Crippen LogP contribution in [-0.4, -0.2) is 10.1 Å². The van der Waals surface area contributed by atoms with Gasteiger partial charge in [0.1, 0.15) is 5.75 Å². The van der Waals surface area contributed by atoms with Crippen molar-refractivity contribution in [2.24, 2.45) is 0 Å². The highest BCUT2D eigenvalue weighted by Gasteiger charge is 1.95. The van der Waals surface area contributed by atoms with E-state index in [0.717, 1.165) is 10.9 Å². The first kappa shape index (κ1) is 7.10. The first-order chi connectivity index (χ1) is 5.75.